The van der Waals surface area contributed by atoms with E-state index in [1.807, 2.05) is 0 Å². The molecular weight excluding hydrogens is 859 g/mol. The second-order valence-corrected chi connectivity index (χ2v) is 22.4. The third-order valence-corrected chi connectivity index (χ3v) is 16.6. The SMILES string of the molecule is CC1=[C-]C(C)(C)c2cc3c(cc21)-c1cc2c(cc1C3)C(C)(C)C=C2C.CC1=[C-]C(C)C=C1CC12CC3CC(CC(C3)C1)C2.Cc1ccc([C](=[Zr+2])c2ccc(C)cc2)cc1.[Cl-].[Cl-]. The minimum Gasteiger partial charge on any atom is -1.00 e. The van der Waals surface area contributed by atoms with Crippen molar-refractivity contribution in [1.29, 1.82) is 0 Å². The first-order chi connectivity index (χ1) is 28.0. The van der Waals surface area contributed by atoms with Gasteiger partial charge in [0, 0.05) is 5.41 Å². The number of rotatable bonds is 4. The maximum absolute atomic E-state index is 3.65. The number of halogens is 2. The van der Waals surface area contributed by atoms with Crippen molar-refractivity contribution in [3.8, 4) is 11.1 Å². The molecule has 0 heterocycles. The van der Waals surface area contributed by atoms with E-state index in [2.05, 4.69) is 166 Å². The quantitative estimate of drug-likeness (QED) is 0.158. The predicted molar refractivity (Wildman–Crippen MR) is 247 cm³/mol. The van der Waals surface area contributed by atoms with E-state index in [4.69, 9.17) is 0 Å². The number of hydrogen-bond acceptors (Lipinski definition) is 0. The molecule has 0 nitrogen and oxygen atoms in total. The van der Waals surface area contributed by atoms with Crippen molar-refractivity contribution in [2.45, 2.75) is 131 Å². The van der Waals surface area contributed by atoms with Gasteiger partial charge in [-0.3, -0.25) is 12.2 Å². The van der Waals surface area contributed by atoms with E-state index in [1.54, 1.807) is 44.1 Å². The van der Waals surface area contributed by atoms with Gasteiger partial charge in [-0.25, -0.2) is 11.1 Å². The Kier molecular flexibility index (Phi) is 13.1. The first kappa shape index (κ1) is 46.2. The van der Waals surface area contributed by atoms with E-state index in [0.717, 1.165) is 24.2 Å². The third-order valence-electron chi connectivity index (χ3n) is 15.2. The molecule has 4 fully saturated rings. The average Bonchev–Trinajstić information content (AvgIpc) is 3.83. The molecule has 0 aromatic heterocycles. The van der Waals surface area contributed by atoms with Gasteiger partial charge in [-0.2, -0.15) is 17.2 Å². The van der Waals surface area contributed by atoms with Crippen molar-refractivity contribution in [3.05, 3.63) is 164 Å². The van der Waals surface area contributed by atoms with Crippen molar-refractivity contribution >= 4 is 14.4 Å². The molecular formula is C58H64Cl2Zr-2. The van der Waals surface area contributed by atoms with Crippen LogP contribution in [-0.2, 0) is 41.5 Å². The summed E-state index contributed by atoms with van der Waals surface area (Å²) < 4.78 is 1.42. The van der Waals surface area contributed by atoms with Crippen molar-refractivity contribution in [2.24, 2.45) is 29.1 Å². The van der Waals surface area contributed by atoms with E-state index in [1.165, 1.54) is 117 Å². The molecule has 0 saturated heterocycles. The summed E-state index contributed by atoms with van der Waals surface area (Å²) in [6.45, 7) is 22.5. The molecule has 316 valence electrons. The van der Waals surface area contributed by atoms with Gasteiger partial charge in [0.05, 0.1) is 0 Å². The summed E-state index contributed by atoms with van der Waals surface area (Å²) in [6, 6.07) is 27.3. The second-order valence-electron chi connectivity index (χ2n) is 21.2. The fourth-order valence-corrected chi connectivity index (χ4v) is 13.7. The van der Waals surface area contributed by atoms with Crippen LogP contribution in [0.25, 0.3) is 22.3 Å². The normalized spacial score (nSPS) is 25.7. The van der Waals surface area contributed by atoms with Crippen molar-refractivity contribution in [3.63, 3.8) is 0 Å². The van der Waals surface area contributed by atoms with Crippen molar-refractivity contribution in [2.75, 3.05) is 0 Å². The van der Waals surface area contributed by atoms with Crippen LogP contribution in [0.4, 0.5) is 0 Å². The van der Waals surface area contributed by atoms with Crippen molar-refractivity contribution < 1.29 is 49.0 Å². The Morgan fingerprint density at radius 3 is 1.62 bits per heavy atom. The van der Waals surface area contributed by atoms with Gasteiger partial charge in [-0.1, -0.05) is 84.4 Å². The first-order valence-electron chi connectivity index (χ1n) is 22.7. The fraction of sp³-hybridized carbons (Fsp3) is 0.431. The van der Waals surface area contributed by atoms with Gasteiger partial charge in [-0.15, -0.1) is 11.6 Å². The van der Waals surface area contributed by atoms with E-state index in [-0.39, 0.29) is 35.6 Å². The van der Waals surface area contributed by atoms with Crippen LogP contribution in [0.5, 0.6) is 0 Å². The Labute approximate surface area is 396 Å². The molecule has 0 spiro atoms. The topological polar surface area (TPSA) is 0 Å². The van der Waals surface area contributed by atoms with Gasteiger partial charge >= 0.3 is 112 Å². The number of aryl methyl sites for hydroxylation is 2. The first-order valence-corrected chi connectivity index (χ1v) is 23.9. The van der Waals surface area contributed by atoms with E-state index in [9.17, 15) is 0 Å². The van der Waals surface area contributed by atoms with Gasteiger partial charge in [-0.05, 0) is 120 Å². The molecule has 4 aromatic carbocycles. The molecule has 8 aliphatic rings. The summed E-state index contributed by atoms with van der Waals surface area (Å²) in [5.74, 6) is 3.82. The largest absolute Gasteiger partial charge is 1.00 e. The standard InChI is InChI=1S/C25H25.C18H25.C15H14.2ClH.Zr/c1-14-12-24(3,4)22-8-16-7-17-9-23-19(15(2)13-25(23,5)6)11-21(17)20(16)10-18(14)22;1-12-3-13(2)17(4-12)11-18-8-14-5-15(9-18)7-16(6-14)10-18;1-12-3-7-14(8-4-12)11-15-9-5-13(2)6-10-15;;;/h8-12H,7H2,1-6H3;4,12,14-16H,5-11H2,1-2H3;3-10H,1-2H3;2*1H;/q2*-1;;;;+2/p-2. The van der Waals surface area contributed by atoms with Crippen LogP contribution in [0, 0.1) is 55.1 Å². The summed E-state index contributed by atoms with van der Waals surface area (Å²) in [4.78, 5) is 0. The van der Waals surface area contributed by atoms with Gasteiger partial charge < -0.3 is 24.8 Å². The monoisotopic (exact) mass is 920 g/mol. The Hall–Kier alpha value is -2.83. The molecule has 4 saturated carbocycles. The van der Waals surface area contributed by atoms with Gasteiger partial charge in [0.15, 0.2) is 0 Å². The minimum atomic E-state index is 0. The van der Waals surface area contributed by atoms with Crippen LogP contribution in [0.2, 0.25) is 0 Å². The maximum Gasteiger partial charge on any atom is -1.00 e. The average molecular weight is 923 g/mol. The van der Waals surface area contributed by atoms with Gasteiger partial charge in [0.25, 0.3) is 0 Å². The zero-order valence-corrected chi connectivity index (χ0v) is 42.3. The number of hydrogen-bond donors (Lipinski definition) is 0. The Morgan fingerprint density at radius 1 is 0.639 bits per heavy atom. The predicted octanol–water partition coefficient (Wildman–Crippen LogP) is 8.80. The molecule has 1 unspecified atom stereocenters. The van der Waals surface area contributed by atoms with Gasteiger partial charge in [0.1, 0.15) is 0 Å². The molecule has 1 atom stereocenters. The van der Waals surface area contributed by atoms with Crippen LogP contribution in [0.3, 0.4) is 0 Å². The summed E-state index contributed by atoms with van der Waals surface area (Å²) in [5.41, 5.74) is 23.7. The van der Waals surface area contributed by atoms with Crippen LogP contribution < -0.4 is 24.8 Å². The molecule has 3 heteroatoms. The summed E-state index contributed by atoms with van der Waals surface area (Å²) in [7, 11) is 0. The van der Waals surface area contributed by atoms with Crippen LogP contribution in [0.1, 0.15) is 156 Å². The fourth-order valence-electron chi connectivity index (χ4n) is 12.9. The molecule has 0 aliphatic heterocycles. The second kappa shape index (κ2) is 17.3. The van der Waals surface area contributed by atoms with Crippen LogP contribution >= 0.6 is 0 Å². The molecule has 4 bridgehead atoms. The number of fused-ring (bicyclic) bond motifs is 5. The Balaban J connectivity index is 0.000000140. The smallest absolute Gasteiger partial charge is 1.00 e. The molecule has 0 N–H and O–H groups in total. The van der Waals surface area contributed by atoms with E-state index in [0.29, 0.717) is 11.3 Å². The molecule has 0 radical (unpaired) electrons. The zero-order valence-electron chi connectivity index (χ0n) is 38.3. The van der Waals surface area contributed by atoms with E-state index < -0.39 is 0 Å². The summed E-state index contributed by atoms with van der Waals surface area (Å²) in [5, 5.41) is 0. The molecule has 4 aromatic rings. The van der Waals surface area contributed by atoms with E-state index >= 15 is 0 Å². The third kappa shape index (κ3) is 8.99. The Bertz CT molecular complexity index is 2320. The minimum absolute atomic E-state index is 0. The number of allylic oxidation sites excluding steroid dienone is 8. The number of benzene rings is 4. The zero-order chi connectivity index (χ0) is 41.6. The summed E-state index contributed by atoms with van der Waals surface area (Å²) >= 11 is 1.46. The Morgan fingerprint density at radius 2 is 1.13 bits per heavy atom. The maximum atomic E-state index is 3.65. The van der Waals surface area contributed by atoms with Crippen LogP contribution in [-0.4, -0.2) is 3.21 Å². The molecule has 8 aliphatic carbocycles. The molecule has 0 amide bonds. The van der Waals surface area contributed by atoms with Crippen molar-refractivity contribution in [1.82, 2.24) is 0 Å². The van der Waals surface area contributed by atoms with Crippen LogP contribution in [0.15, 0.2) is 96.1 Å². The molecule has 12 rings (SSSR count). The molecule has 61 heavy (non-hydrogen) atoms. The summed E-state index contributed by atoms with van der Waals surface area (Å²) in [6.07, 6.45) is 23.9. The van der Waals surface area contributed by atoms with Gasteiger partial charge in [0.2, 0.25) is 0 Å².